The van der Waals surface area contributed by atoms with Crippen molar-refractivity contribution in [2.45, 2.75) is 25.7 Å². The summed E-state index contributed by atoms with van der Waals surface area (Å²) in [5.41, 5.74) is 4.60. The number of hydrogen-bond donors (Lipinski definition) is 3. The van der Waals surface area contributed by atoms with Crippen LogP contribution in [0.2, 0.25) is 0 Å². The van der Waals surface area contributed by atoms with Crippen LogP contribution < -0.4 is 5.32 Å². The fourth-order valence-electron chi connectivity index (χ4n) is 3.27. The van der Waals surface area contributed by atoms with Crippen molar-refractivity contribution < 1.29 is 4.79 Å². The number of rotatable bonds is 5. The van der Waals surface area contributed by atoms with Gasteiger partial charge in [-0.1, -0.05) is 42.0 Å². The minimum atomic E-state index is -0.261. The van der Waals surface area contributed by atoms with Gasteiger partial charge in [0.2, 0.25) is 0 Å². The van der Waals surface area contributed by atoms with Crippen molar-refractivity contribution in [3.63, 3.8) is 0 Å². The Morgan fingerprint density at radius 2 is 1.86 bits per heavy atom. The van der Waals surface area contributed by atoms with Crippen molar-refractivity contribution in [3.8, 4) is 22.6 Å². The molecule has 1 fully saturated rings. The van der Waals surface area contributed by atoms with Gasteiger partial charge in [-0.25, -0.2) is 4.98 Å². The zero-order valence-electron chi connectivity index (χ0n) is 15.9. The third-order valence-electron chi connectivity index (χ3n) is 5.02. The van der Waals surface area contributed by atoms with Crippen molar-refractivity contribution in [2.24, 2.45) is 0 Å². The number of nitrogens with one attached hydrogen (secondary N) is 3. The van der Waals surface area contributed by atoms with Crippen molar-refractivity contribution in [2.75, 3.05) is 5.32 Å². The summed E-state index contributed by atoms with van der Waals surface area (Å²) in [4.78, 5) is 17.4. The Labute approximate surface area is 167 Å². The molecule has 0 saturated heterocycles. The Balaban J connectivity index is 1.41. The largest absolute Gasteiger partial charge is 0.320 e. The second kappa shape index (κ2) is 7.01. The van der Waals surface area contributed by atoms with E-state index in [0.29, 0.717) is 23.1 Å². The van der Waals surface area contributed by atoms with E-state index in [0.717, 1.165) is 41.1 Å². The maximum Gasteiger partial charge on any atom is 0.273 e. The van der Waals surface area contributed by atoms with Crippen LogP contribution in [0.25, 0.3) is 22.6 Å². The van der Waals surface area contributed by atoms with Crippen LogP contribution in [0.1, 0.15) is 40.6 Å². The number of aromatic nitrogens is 5. The summed E-state index contributed by atoms with van der Waals surface area (Å²) >= 11 is 0. The van der Waals surface area contributed by atoms with Crippen LogP contribution in [0.15, 0.2) is 54.6 Å². The van der Waals surface area contributed by atoms with Gasteiger partial charge < -0.3 is 5.32 Å². The Kier molecular flexibility index (Phi) is 4.20. The molecular formula is C22H20N6O. The lowest BCUT2D eigenvalue weighted by Crippen LogP contribution is -2.13. The highest BCUT2D eigenvalue weighted by Crippen LogP contribution is 2.39. The maximum absolute atomic E-state index is 12.8. The maximum atomic E-state index is 12.8. The predicted octanol–water partition coefficient (Wildman–Crippen LogP) is 4.30. The van der Waals surface area contributed by atoms with E-state index in [-0.39, 0.29) is 5.91 Å². The Bertz CT molecular complexity index is 1170. The number of aryl methyl sites for hydroxylation is 1. The molecule has 1 saturated carbocycles. The molecule has 5 rings (SSSR count). The summed E-state index contributed by atoms with van der Waals surface area (Å²) in [7, 11) is 0. The van der Waals surface area contributed by atoms with Gasteiger partial charge in [-0.2, -0.15) is 10.2 Å². The Hall–Kier alpha value is -3.74. The third kappa shape index (κ3) is 3.54. The first-order chi connectivity index (χ1) is 14.2. The summed E-state index contributed by atoms with van der Waals surface area (Å²) in [5.74, 6) is 1.74. The predicted molar refractivity (Wildman–Crippen MR) is 111 cm³/mol. The van der Waals surface area contributed by atoms with E-state index in [4.69, 9.17) is 0 Å². The standard InChI is InChI=1S/C22H20N6O/c1-13-7-10-17(16(11-13)21-24-20(27-28-21)15-8-9-15)23-22(29)19-12-18(25-26-19)14-5-3-2-4-6-14/h2-7,10-12,15H,8-9H2,1H3,(H,23,29)(H,25,26)(H,24,27,28). The van der Waals surface area contributed by atoms with Gasteiger partial charge >= 0.3 is 0 Å². The smallest absolute Gasteiger partial charge is 0.273 e. The first-order valence-corrected chi connectivity index (χ1v) is 9.63. The Morgan fingerprint density at radius 1 is 1.03 bits per heavy atom. The normalized spacial score (nSPS) is 13.4. The minimum absolute atomic E-state index is 0.261. The summed E-state index contributed by atoms with van der Waals surface area (Å²) in [5, 5.41) is 17.4. The van der Waals surface area contributed by atoms with Gasteiger partial charge in [0.1, 0.15) is 11.5 Å². The number of carbonyl (C=O) groups excluding carboxylic acids is 1. The molecule has 0 bridgehead atoms. The van der Waals surface area contributed by atoms with Crippen LogP contribution in [0.5, 0.6) is 0 Å². The molecule has 29 heavy (non-hydrogen) atoms. The zero-order chi connectivity index (χ0) is 19.8. The molecule has 0 aliphatic heterocycles. The van der Waals surface area contributed by atoms with Gasteiger partial charge in [0.25, 0.3) is 5.91 Å². The quantitative estimate of drug-likeness (QED) is 0.478. The van der Waals surface area contributed by atoms with Gasteiger partial charge in [0.05, 0.1) is 11.4 Å². The second-order valence-electron chi connectivity index (χ2n) is 7.35. The van der Waals surface area contributed by atoms with Crippen LogP contribution in [0.3, 0.4) is 0 Å². The van der Waals surface area contributed by atoms with Crippen LogP contribution in [0, 0.1) is 6.92 Å². The van der Waals surface area contributed by atoms with Crippen LogP contribution in [-0.2, 0) is 0 Å². The number of carbonyl (C=O) groups is 1. The highest BCUT2D eigenvalue weighted by Gasteiger charge is 2.27. The molecule has 2 heterocycles. The molecule has 0 spiro atoms. The monoisotopic (exact) mass is 384 g/mol. The SMILES string of the molecule is Cc1ccc(NC(=O)c2cc(-c3ccccc3)n[nH]2)c(-c2n[nH]c(C3CC3)n2)c1. The van der Waals surface area contributed by atoms with Gasteiger partial charge in [0, 0.05) is 17.0 Å². The first kappa shape index (κ1) is 17.4. The molecule has 0 radical (unpaired) electrons. The van der Waals surface area contributed by atoms with E-state index in [2.05, 4.69) is 30.7 Å². The molecule has 144 valence electrons. The third-order valence-corrected chi connectivity index (χ3v) is 5.02. The van der Waals surface area contributed by atoms with Gasteiger partial charge in [0.15, 0.2) is 5.82 Å². The topological polar surface area (TPSA) is 99.4 Å². The molecule has 1 aliphatic carbocycles. The molecule has 7 heteroatoms. The number of amides is 1. The van der Waals surface area contributed by atoms with Gasteiger partial charge in [-0.15, -0.1) is 0 Å². The molecule has 2 aromatic carbocycles. The lowest BCUT2D eigenvalue weighted by Gasteiger charge is -2.09. The number of nitrogens with zero attached hydrogens (tertiary/aromatic N) is 3. The molecule has 4 aromatic rings. The number of anilines is 1. The molecule has 1 aliphatic rings. The van der Waals surface area contributed by atoms with Crippen molar-refractivity contribution in [1.29, 1.82) is 0 Å². The zero-order valence-corrected chi connectivity index (χ0v) is 15.9. The number of aromatic amines is 2. The fraction of sp³-hybridized carbons (Fsp3) is 0.182. The van der Waals surface area contributed by atoms with Crippen molar-refractivity contribution >= 4 is 11.6 Å². The van der Waals surface area contributed by atoms with E-state index in [1.165, 1.54) is 0 Å². The number of H-pyrrole nitrogens is 2. The number of hydrogen-bond acceptors (Lipinski definition) is 4. The van der Waals surface area contributed by atoms with E-state index < -0.39 is 0 Å². The fourth-order valence-corrected chi connectivity index (χ4v) is 3.27. The summed E-state index contributed by atoms with van der Waals surface area (Å²) in [6.45, 7) is 2.00. The van der Waals surface area contributed by atoms with Crippen LogP contribution in [-0.4, -0.2) is 31.3 Å². The number of benzene rings is 2. The van der Waals surface area contributed by atoms with Crippen molar-refractivity contribution in [1.82, 2.24) is 25.4 Å². The average Bonchev–Trinajstić information content (AvgIpc) is 3.27. The molecule has 0 unspecified atom stereocenters. The highest BCUT2D eigenvalue weighted by molar-refractivity contribution is 6.05. The van der Waals surface area contributed by atoms with E-state index in [9.17, 15) is 4.79 Å². The van der Waals surface area contributed by atoms with Crippen molar-refractivity contribution in [3.05, 3.63) is 71.7 Å². The lowest BCUT2D eigenvalue weighted by molar-refractivity contribution is 0.102. The summed E-state index contributed by atoms with van der Waals surface area (Å²) < 4.78 is 0. The molecule has 3 N–H and O–H groups in total. The molecule has 7 nitrogen and oxygen atoms in total. The van der Waals surface area contributed by atoms with Gasteiger partial charge in [-0.3, -0.25) is 15.0 Å². The molecular weight excluding hydrogens is 364 g/mol. The molecule has 2 aromatic heterocycles. The first-order valence-electron chi connectivity index (χ1n) is 9.63. The summed E-state index contributed by atoms with van der Waals surface area (Å²) in [6, 6.07) is 17.3. The minimum Gasteiger partial charge on any atom is -0.320 e. The highest BCUT2D eigenvalue weighted by atomic mass is 16.1. The van der Waals surface area contributed by atoms with Crippen LogP contribution >= 0.6 is 0 Å². The lowest BCUT2D eigenvalue weighted by atomic mass is 10.1. The van der Waals surface area contributed by atoms with E-state index in [1.807, 2.05) is 55.5 Å². The van der Waals surface area contributed by atoms with Gasteiger partial charge in [-0.05, 0) is 38.0 Å². The molecule has 0 atom stereocenters. The Morgan fingerprint density at radius 3 is 2.66 bits per heavy atom. The van der Waals surface area contributed by atoms with Crippen LogP contribution in [0.4, 0.5) is 5.69 Å². The van der Waals surface area contributed by atoms with E-state index in [1.54, 1.807) is 6.07 Å². The average molecular weight is 384 g/mol. The summed E-state index contributed by atoms with van der Waals surface area (Å²) in [6.07, 6.45) is 2.30. The van der Waals surface area contributed by atoms with E-state index >= 15 is 0 Å². The molecule has 1 amide bonds. The second-order valence-corrected chi connectivity index (χ2v) is 7.35.